The van der Waals surface area contributed by atoms with Crippen molar-refractivity contribution in [1.29, 1.82) is 0 Å². The van der Waals surface area contributed by atoms with Gasteiger partial charge in [-0.15, -0.1) is 0 Å². The van der Waals surface area contributed by atoms with Gasteiger partial charge in [0.2, 0.25) is 0 Å². The van der Waals surface area contributed by atoms with Crippen molar-refractivity contribution in [2.45, 2.75) is 0 Å². The fourth-order valence-corrected chi connectivity index (χ4v) is 2.86. The number of phenols is 1. The molecule has 106 valence electrons. The van der Waals surface area contributed by atoms with Crippen LogP contribution in [-0.4, -0.2) is 28.3 Å². The quantitative estimate of drug-likeness (QED) is 0.622. The van der Waals surface area contributed by atoms with E-state index in [-0.39, 0.29) is 5.75 Å². The van der Waals surface area contributed by atoms with E-state index in [4.69, 9.17) is 9.47 Å². The minimum Gasteiger partial charge on any atom is -0.507 e. The molecule has 0 radical (unpaired) electrons. The van der Waals surface area contributed by atoms with Crippen molar-refractivity contribution >= 4 is 33.6 Å². The van der Waals surface area contributed by atoms with Gasteiger partial charge in [0, 0.05) is 15.7 Å². The second kappa shape index (κ2) is 4.80. The van der Waals surface area contributed by atoms with Crippen LogP contribution in [0, 0.1) is 3.57 Å². The molecule has 1 aliphatic heterocycles. The highest BCUT2D eigenvalue weighted by Gasteiger charge is 2.16. The Balaban J connectivity index is 1.88. The third-order valence-corrected chi connectivity index (χ3v) is 4.03. The van der Waals surface area contributed by atoms with Crippen LogP contribution in [0.15, 0.2) is 30.3 Å². The molecular weight excluding hydrogens is 383 g/mol. The molecule has 2 heterocycles. The highest BCUT2D eigenvalue weighted by Crippen LogP contribution is 2.36. The lowest BCUT2D eigenvalue weighted by molar-refractivity contribution is 0.172. The molecule has 0 amide bonds. The van der Waals surface area contributed by atoms with Crippen molar-refractivity contribution in [3.05, 3.63) is 33.9 Å². The molecule has 0 aliphatic carbocycles. The number of rotatable bonds is 1. The van der Waals surface area contributed by atoms with Gasteiger partial charge in [0.15, 0.2) is 11.5 Å². The van der Waals surface area contributed by atoms with Crippen LogP contribution in [-0.2, 0) is 0 Å². The van der Waals surface area contributed by atoms with Gasteiger partial charge >= 0.3 is 0 Å². The first-order chi connectivity index (χ1) is 10.2. The van der Waals surface area contributed by atoms with Crippen LogP contribution in [0.25, 0.3) is 22.4 Å². The molecule has 2 aromatic carbocycles. The lowest BCUT2D eigenvalue weighted by atomic mass is 10.2. The average Bonchev–Trinajstić information content (AvgIpc) is 2.89. The number of hydrogen-bond donors (Lipinski definition) is 2. The third kappa shape index (κ3) is 2.19. The third-order valence-electron chi connectivity index (χ3n) is 3.36. The smallest absolute Gasteiger partial charge is 0.163 e. The van der Waals surface area contributed by atoms with Crippen molar-refractivity contribution in [3.8, 4) is 28.6 Å². The minimum absolute atomic E-state index is 0.201. The summed E-state index contributed by atoms with van der Waals surface area (Å²) in [6.07, 6.45) is 0. The Morgan fingerprint density at radius 1 is 1.10 bits per heavy atom. The average molecular weight is 394 g/mol. The van der Waals surface area contributed by atoms with E-state index in [1.54, 1.807) is 6.07 Å². The Morgan fingerprint density at radius 2 is 1.86 bits per heavy atom. The standard InChI is InChI=1S/C15H11IN2O3/c16-8-1-2-12(19)9(5-8)15-17-10-6-13-14(7-11(10)18-15)21-4-3-20-13/h1-2,5-7,19H,3-4H2,(H,17,18). The van der Waals surface area contributed by atoms with Gasteiger partial charge in [0.05, 0.1) is 16.6 Å². The number of fused-ring (bicyclic) bond motifs is 2. The van der Waals surface area contributed by atoms with Crippen LogP contribution in [0.3, 0.4) is 0 Å². The molecular formula is C15H11IN2O3. The Bertz CT molecular complexity index is 801. The van der Waals surface area contributed by atoms with E-state index in [0.717, 1.165) is 20.4 Å². The summed E-state index contributed by atoms with van der Waals surface area (Å²) in [6.45, 7) is 1.10. The molecule has 0 unspecified atom stereocenters. The zero-order valence-electron chi connectivity index (χ0n) is 10.9. The zero-order valence-corrected chi connectivity index (χ0v) is 13.0. The summed E-state index contributed by atoms with van der Waals surface area (Å²) >= 11 is 2.21. The summed E-state index contributed by atoms with van der Waals surface area (Å²) < 4.78 is 12.2. The minimum atomic E-state index is 0.201. The number of hydrogen-bond acceptors (Lipinski definition) is 4. The first kappa shape index (κ1) is 12.8. The van der Waals surface area contributed by atoms with E-state index in [0.29, 0.717) is 30.4 Å². The Hall–Kier alpha value is -1.96. The number of aromatic hydroxyl groups is 1. The fraction of sp³-hybridized carbons (Fsp3) is 0.133. The summed E-state index contributed by atoms with van der Waals surface area (Å²) in [5, 5.41) is 10.0. The van der Waals surface area contributed by atoms with Crippen LogP contribution in [0.5, 0.6) is 17.2 Å². The highest BCUT2D eigenvalue weighted by atomic mass is 127. The maximum Gasteiger partial charge on any atom is 0.163 e. The largest absolute Gasteiger partial charge is 0.507 e. The van der Waals surface area contributed by atoms with E-state index in [1.807, 2.05) is 24.3 Å². The number of phenolic OH excluding ortho intramolecular Hbond substituents is 1. The van der Waals surface area contributed by atoms with E-state index in [2.05, 4.69) is 32.6 Å². The maximum absolute atomic E-state index is 10.0. The van der Waals surface area contributed by atoms with Crippen LogP contribution >= 0.6 is 22.6 Å². The number of halogens is 1. The van der Waals surface area contributed by atoms with Crippen molar-refractivity contribution in [3.63, 3.8) is 0 Å². The van der Waals surface area contributed by atoms with E-state index in [9.17, 15) is 5.11 Å². The monoisotopic (exact) mass is 394 g/mol. The van der Waals surface area contributed by atoms with Gasteiger partial charge in [-0.05, 0) is 40.8 Å². The van der Waals surface area contributed by atoms with Crippen molar-refractivity contribution in [2.24, 2.45) is 0 Å². The second-order valence-corrected chi connectivity index (χ2v) is 6.01. The van der Waals surface area contributed by atoms with Crippen LogP contribution in [0.4, 0.5) is 0 Å². The second-order valence-electron chi connectivity index (χ2n) is 4.76. The Kier molecular flexibility index (Phi) is 2.91. The molecule has 4 rings (SSSR count). The number of imidazole rings is 1. The van der Waals surface area contributed by atoms with Crippen molar-refractivity contribution in [1.82, 2.24) is 9.97 Å². The van der Waals surface area contributed by atoms with Gasteiger partial charge in [0.25, 0.3) is 0 Å². The number of nitrogens with zero attached hydrogens (tertiary/aromatic N) is 1. The SMILES string of the molecule is Oc1ccc(I)cc1-c1nc2cc3c(cc2[nH]1)OCCO3. The van der Waals surface area contributed by atoms with Crippen molar-refractivity contribution < 1.29 is 14.6 Å². The topological polar surface area (TPSA) is 67.4 Å². The van der Waals surface area contributed by atoms with Gasteiger partial charge in [0.1, 0.15) is 24.8 Å². The Morgan fingerprint density at radius 3 is 2.67 bits per heavy atom. The fourth-order valence-electron chi connectivity index (χ4n) is 2.37. The van der Waals surface area contributed by atoms with E-state index < -0.39 is 0 Å². The predicted octanol–water partition coefficient (Wildman–Crippen LogP) is 3.31. The van der Waals surface area contributed by atoms with E-state index in [1.165, 1.54) is 0 Å². The van der Waals surface area contributed by atoms with Crippen molar-refractivity contribution in [2.75, 3.05) is 13.2 Å². The summed E-state index contributed by atoms with van der Waals surface area (Å²) in [7, 11) is 0. The summed E-state index contributed by atoms with van der Waals surface area (Å²) in [4.78, 5) is 7.76. The summed E-state index contributed by atoms with van der Waals surface area (Å²) in [5.74, 6) is 2.25. The van der Waals surface area contributed by atoms with Gasteiger partial charge in [-0.25, -0.2) is 4.98 Å². The van der Waals surface area contributed by atoms with Crippen LogP contribution in [0.2, 0.25) is 0 Å². The number of nitrogens with one attached hydrogen (secondary N) is 1. The van der Waals surface area contributed by atoms with E-state index >= 15 is 0 Å². The summed E-state index contributed by atoms with van der Waals surface area (Å²) in [6, 6.07) is 9.14. The first-order valence-electron chi connectivity index (χ1n) is 6.49. The number of ether oxygens (including phenoxy) is 2. The molecule has 0 saturated carbocycles. The molecule has 0 fully saturated rings. The van der Waals surface area contributed by atoms with Crippen LogP contribution < -0.4 is 9.47 Å². The molecule has 2 N–H and O–H groups in total. The molecule has 0 atom stereocenters. The first-order valence-corrected chi connectivity index (χ1v) is 7.57. The molecule has 3 aromatic rings. The molecule has 1 aromatic heterocycles. The van der Waals surface area contributed by atoms with Gasteiger partial charge in [-0.2, -0.15) is 0 Å². The lowest BCUT2D eigenvalue weighted by Crippen LogP contribution is -2.15. The summed E-state index contributed by atoms with van der Waals surface area (Å²) in [5.41, 5.74) is 2.32. The molecule has 5 nitrogen and oxygen atoms in total. The molecule has 0 saturated heterocycles. The molecule has 1 aliphatic rings. The molecule has 0 spiro atoms. The van der Waals surface area contributed by atoms with Gasteiger partial charge in [-0.1, -0.05) is 0 Å². The number of H-pyrrole nitrogens is 1. The normalized spacial score (nSPS) is 13.6. The van der Waals surface area contributed by atoms with Crippen LogP contribution in [0.1, 0.15) is 0 Å². The number of aromatic amines is 1. The predicted molar refractivity (Wildman–Crippen MR) is 86.9 cm³/mol. The number of aromatic nitrogens is 2. The maximum atomic E-state index is 10.0. The highest BCUT2D eigenvalue weighted by molar-refractivity contribution is 14.1. The van der Waals surface area contributed by atoms with Gasteiger partial charge in [-0.3, -0.25) is 0 Å². The lowest BCUT2D eigenvalue weighted by Gasteiger charge is -2.17. The molecule has 6 heteroatoms. The Labute approximate surface area is 134 Å². The number of benzene rings is 2. The zero-order chi connectivity index (χ0) is 14.4. The molecule has 0 bridgehead atoms. The van der Waals surface area contributed by atoms with Gasteiger partial charge < -0.3 is 19.6 Å². The molecule has 21 heavy (non-hydrogen) atoms.